The fourth-order valence-electron chi connectivity index (χ4n) is 1.97. The number of hydrogen-bond acceptors (Lipinski definition) is 1. The first-order valence-electron chi connectivity index (χ1n) is 5.26. The van der Waals surface area contributed by atoms with Crippen molar-refractivity contribution in [2.45, 2.75) is 38.1 Å². The van der Waals surface area contributed by atoms with Crippen molar-refractivity contribution in [1.29, 1.82) is 0 Å². The topological polar surface area (TPSA) is 3.24 Å². The Morgan fingerprint density at radius 1 is 1.23 bits per heavy atom. The minimum Gasteiger partial charge on any atom is -0.300 e. The van der Waals surface area contributed by atoms with Gasteiger partial charge in [-0.15, -0.1) is 11.6 Å². The van der Waals surface area contributed by atoms with Crippen LogP contribution in [0.25, 0.3) is 0 Å². The van der Waals surface area contributed by atoms with Crippen LogP contribution in [0.15, 0.2) is 12.2 Å². The summed E-state index contributed by atoms with van der Waals surface area (Å²) in [7, 11) is 2.22. The van der Waals surface area contributed by atoms with E-state index in [-0.39, 0.29) is 0 Å². The molecular formula is C11H20ClN. The molecule has 13 heavy (non-hydrogen) atoms. The molecule has 1 aliphatic rings. The third-order valence-electron chi connectivity index (χ3n) is 2.85. The zero-order valence-electron chi connectivity index (χ0n) is 8.51. The smallest absolute Gasteiger partial charge is 0.0404 e. The molecule has 0 aliphatic heterocycles. The Balaban J connectivity index is 2.20. The Kier molecular flexibility index (Phi) is 5.49. The highest BCUT2D eigenvalue weighted by molar-refractivity contribution is 6.18. The number of allylic oxidation sites excluding steroid dienone is 1. The molecule has 76 valence electrons. The van der Waals surface area contributed by atoms with Crippen LogP contribution in [0, 0.1) is 0 Å². The predicted octanol–water partition coefficient (Wildman–Crippen LogP) is 3.05. The van der Waals surface area contributed by atoms with Gasteiger partial charge in [-0.05, 0) is 19.9 Å². The second-order valence-corrected chi connectivity index (χ2v) is 4.17. The Morgan fingerprint density at radius 2 is 1.92 bits per heavy atom. The van der Waals surface area contributed by atoms with Gasteiger partial charge >= 0.3 is 0 Å². The van der Waals surface area contributed by atoms with E-state index in [0.717, 1.165) is 12.6 Å². The van der Waals surface area contributed by atoms with Crippen LogP contribution in [0.1, 0.15) is 32.1 Å². The van der Waals surface area contributed by atoms with Gasteiger partial charge in [-0.1, -0.05) is 31.4 Å². The van der Waals surface area contributed by atoms with Gasteiger partial charge in [0.25, 0.3) is 0 Å². The summed E-state index contributed by atoms with van der Waals surface area (Å²) in [6.45, 7) is 1.05. The van der Waals surface area contributed by atoms with Gasteiger partial charge in [-0.3, -0.25) is 4.90 Å². The lowest BCUT2D eigenvalue weighted by Crippen LogP contribution is -2.33. The molecule has 0 radical (unpaired) electrons. The van der Waals surface area contributed by atoms with E-state index in [2.05, 4.69) is 18.0 Å². The van der Waals surface area contributed by atoms with Crippen LogP contribution in [0.5, 0.6) is 0 Å². The van der Waals surface area contributed by atoms with E-state index in [1.807, 2.05) is 6.08 Å². The van der Waals surface area contributed by atoms with Crippen molar-refractivity contribution in [3.63, 3.8) is 0 Å². The van der Waals surface area contributed by atoms with E-state index in [1.165, 1.54) is 32.1 Å². The second kappa shape index (κ2) is 6.44. The van der Waals surface area contributed by atoms with E-state index in [9.17, 15) is 0 Å². The van der Waals surface area contributed by atoms with Crippen molar-refractivity contribution in [3.05, 3.63) is 12.2 Å². The zero-order chi connectivity index (χ0) is 9.52. The molecule has 1 rings (SSSR count). The Bertz CT molecular complexity index is 150. The number of likely N-dealkylation sites (N-methyl/N-ethyl adjacent to an activating group) is 1. The van der Waals surface area contributed by atoms with Gasteiger partial charge in [-0.2, -0.15) is 0 Å². The lowest BCUT2D eigenvalue weighted by molar-refractivity contribution is 0.209. The molecule has 0 N–H and O–H groups in total. The van der Waals surface area contributed by atoms with Crippen LogP contribution < -0.4 is 0 Å². The molecule has 1 aliphatic carbocycles. The average Bonchev–Trinajstić information content (AvgIpc) is 2.19. The highest BCUT2D eigenvalue weighted by Crippen LogP contribution is 2.21. The Hall–Kier alpha value is -0.0100. The summed E-state index contributed by atoms with van der Waals surface area (Å²) in [6.07, 6.45) is 11.2. The van der Waals surface area contributed by atoms with Crippen molar-refractivity contribution in [2.24, 2.45) is 0 Å². The average molecular weight is 202 g/mol. The normalized spacial score (nSPS) is 20.2. The van der Waals surface area contributed by atoms with Crippen molar-refractivity contribution in [1.82, 2.24) is 4.90 Å². The minimum absolute atomic E-state index is 0.637. The minimum atomic E-state index is 0.637. The first kappa shape index (κ1) is 11.1. The molecule has 1 saturated carbocycles. The lowest BCUT2D eigenvalue weighted by atomic mass is 9.94. The van der Waals surface area contributed by atoms with E-state index in [0.29, 0.717) is 5.88 Å². The molecule has 0 heterocycles. The highest BCUT2D eigenvalue weighted by atomic mass is 35.5. The van der Waals surface area contributed by atoms with Crippen LogP contribution in [0.4, 0.5) is 0 Å². The first-order valence-corrected chi connectivity index (χ1v) is 5.79. The fraction of sp³-hybridized carbons (Fsp3) is 0.818. The van der Waals surface area contributed by atoms with Crippen LogP contribution in [-0.2, 0) is 0 Å². The molecule has 1 fully saturated rings. The molecule has 0 amide bonds. The summed E-state index contributed by atoms with van der Waals surface area (Å²) in [5, 5.41) is 0. The monoisotopic (exact) mass is 201 g/mol. The third kappa shape index (κ3) is 4.15. The van der Waals surface area contributed by atoms with E-state index in [1.54, 1.807) is 0 Å². The van der Waals surface area contributed by atoms with Crippen molar-refractivity contribution in [3.8, 4) is 0 Å². The van der Waals surface area contributed by atoms with Crippen LogP contribution in [0.2, 0.25) is 0 Å². The summed E-state index contributed by atoms with van der Waals surface area (Å²) in [4.78, 5) is 2.45. The standard InChI is InChI=1S/C11H20ClN/c1-13(10-6-5-9-12)11-7-3-2-4-8-11/h5-6,11H,2-4,7-10H2,1H3. The predicted molar refractivity (Wildman–Crippen MR) is 59.4 cm³/mol. The molecule has 0 bridgehead atoms. The highest BCUT2D eigenvalue weighted by Gasteiger charge is 2.16. The molecule has 0 atom stereocenters. The Morgan fingerprint density at radius 3 is 2.54 bits per heavy atom. The van der Waals surface area contributed by atoms with Gasteiger partial charge in [0.2, 0.25) is 0 Å². The summed E-state index contributed by atoms with van der Waals surface area (Å²) >= 11 is 5.57. The summed E-state index contributed by atoms with van der Waals surface area (Å²) in [5.74, 6) is 0.637. The molecule has 0 aromatic carbocycles. The number of halogens is 1. The maximum Gasteiger partial charge on any atom is 0.0404 e. The van der Waals surface area contributed by atoms with Gasteiger partial charge in [0.1, 0.15) is 0 Å². The fourth-order valence-corrected chi connectivity index (χ4v) is 2.10. The van der Waals surface area contributed by atoms with Crippen LogP contribution in [-0.4, -0.2) is 30.4 Å². The third-order valence-corrected chi connectivity index (χ3v) is 3.03. The van der Waals surface area contributed by atoms with Crippen LogP contribution >= 0.6 is 11.6 Å². The maximum atomic E-state index is 5.57. The number of rotatable bonds is 4. The van der Waals surface area contributed by atoms with E-state index >= 15 is 0 Å². The zero-order valence-corrected chi connectivity index (χ0v) is 9.26. The first-order chi connectivity index (χ1) is 6.34. The van der Waals surface area contributed by atoms with Gasteiger partial charge in [0.05, 0.1) is 0 Å². The van der Waals surface area contributed by atoms with Gasteiger partial charge in [0, 0.05) is 18.5 Å². The van der Waals surface area contributed by atoms with Crippen LogP contribution in [0.3, 0.4) is 0 Å². The van der Waals surface area contributed by atoms with Gasteiger partial charge in [0.15, 0.2) is 0 Å². The lowest BCUT2D eigenvalue weighted by Gasteiger charge is -2.30. The molecule has 0 saturated heterocycles. The second-order valence-electron chi connectivity index (χ2n) is 3.86. The molecule has 0 aromatic heterocycles. The van der Waals surface area contributed by atoms with Crippen molar-refractivity contribution in [2.75, 3.05) is 19.5 Å². The molecular weight excluding hydrogens is 182 g/mol. The van der Waals surface area contributed by atoms with E-state index in [4.69, 9.17) is 11.6 Å². The quantitative estimate of drug-likeness (QED) is 0.499. The summed E-state index contributed by atoms with van der Waals surface area (Å²) < 4.78 is 0. The van der Waals surface area contributed by atoms with Gasteiger partial charge < -0.3 is 0 Å². The van der Waals surface area contributed by atoms with Crippen molar-refractivity contribution >= 4 is 11.6 Å². The SMILES string of the molecule is CN(CC=CCCl)C1CCCCC1. The summed E-state index contributed by atoms with van der Waals surface area (Å²) in [6, 6.07) is 0.814. The number of alkyl halides is 1. The molecule has 1 nitrogen and oxygen atoms in total. The molecule has 0 unspecified atom stereocenters. The molecule has 0 spiro atoms. The number of nitrogens with zero attached hydrogens (tertiary/aromatic N) is 1. The van der Waals surface area contributed by atoms with Gasteiger partial charge in [-0.25, -0.2) is 0 Å². The van der Waals surface area contributed by atoms with E-state index < -0.39 is 0 Å². The maximum absolute atomic E-state index is 5.57. The van der Waals surface area contributed by atoms with Crippen molar-refractivity contribution < 1.29 is 0 Å². The summed E-state index contributed by atoms with van der Waals surface area (Å²) in [5.41, 5.74) is 0. The largest absolute Gasteiger partial charge is 0.300 e. The molecule has 0 aromatic rings. The molecule has 2 heteroatoms. The Labute approximate surface area is 86.8 Å². The number of hydrogen-bond donors (Lipinski definition) is 0.